The molecule has 2 aliphatic rings. The highest BCUT2D eigenvalue weighted by molar-refractivity contribution is 9.10. The maximum Gasteiger partial charge on any atom is 0.338 e. The van der Waals surface area contributed by atoms with Crippen LogP contribution in [0.3, 0.4) is 0 Å². The SMILES string of the molecule is CCN(CC)CCOC(=O)c1ccc(N)cc1.Cn1c2cccc(=O)c-2nc2ccccc21.Nc1c(CC(=O)O)cccc1C(=O)c1ccc(Br)cc1. The number of ketones is 1. The number of para-hydroxylation sites is 4. The molecule has 1 heterocycles. The van der Waals surface area contributed by atoms with Gasteiger partial charge in [-0.15, -0.1) is 0 Å². The van der Waals surface area contributed by atoms with E-state index in [-0.39, 0.29) is 29.3 Å². The number of carbonyl (C=O) groups is 3. The van der Waals surface area contributed by atoms with E-state index in [0.717, 1.165) is 40.8 Å². The average Bonchev–Trinajstić information content (AvgIpc) is 3.15. The fraction of sp³-hybridized carbons (Fsp3) is 0.195. The number of carboxylic acid groups (broad SMARTS) is 1. The zero-order valence-corrected chi connectivity index (χ0v) is 31.4. The molecule has 11 nitrogen and oxygen atoms in total. The topological polar surface area (TPSA) is 171 Å². The Labute approximate surface area is 316 Å². The van der Waals surface area contributed by atoms with E-state index in [9.17, 15) is 19.2 Å². The van der Waals surface area contributed by atoms with E-state index in [4.69, 9.17) is 21.3 Å². The molecule has 12 heteroatoms. The van der Waals surface area contributed by atoms with Crippen LogP contribution in [0.5, 0.6) is 0 Å². The number of nitrogens with zero attached hydrogens (tertiary/aromatic N) is 3. The van der Waals surface area contributed by atoms with Crippen molar-refractivity contribution in [1.82, 2.24) is 14.5 Å². The minimum Gasteiger partial charge on any atom is -0.481 e. The molecule has 274 valence electrons. The van der Waals surface area contributed by atoms with Crippen LogP contribution in [0.2, 0.25) is 0 Å². The second kappa shape index (κ2) is 19.1. The molecule has 6 rings (SSSR count). The second-order valence-corrected chi connectivity index (χ2v) is 12.8. The molecule has 0 atom stereocenters. The molecular weight excluding hydrogens is 738 g/mol. The lowest BCUT2D eigenvalue weighted by Gasteiger charge is -2.17. The average molecular weight is 781 g/mol. The smallest absolute Gasteiger partial charge is 0.338 e. The van der Waals surface area contributed by atoms with Crippen LogP contribution in [-0.4, -0.2) is 63.5 Å². The lowest BCUT2D eigenvalue weighted by molar-refractivity contribution is -0.136. The number of nitrogen functional groups attached to an aromatic ring is 2. The monoisotopic (exact) mass is 779 g/mol. The molecule has 53 heavy (non-hydrogen) atoms. The van der Waals surface area contributed by atoms with E-state index in [0.29, 0.717) is 40.2 Å². The number of benzene rings is 5. The molecule has 0 fully saturated rings. The number of carboxylic acids is 1. The molecule has 0 spiro atoms. The van der Waals surface area contributed by atoms with Gasteiger partial charge in [0.25, 0.3) is 0 Å². The number of nitrogens with two attached hydrogens (primary N) is 2. The molecule has 0 saturated heterocycles. The van der Waals surface area contributed by atoms with Gasteiger partial charge in [-0.2, -0.15) is 0 Å². The summed E-state index contributed by atoms with van der Waals surface area (Å²) in [7, 11) is 1.95. The first kappa shape index (κ1) is 39.9. The van der Waals surface area contributed by atoms with Crippen molar-refractivity contribution in [2.24, 2.45) is 7.05 Å². The molecule has 0 aromatic heterocycles. The fourth-order valence-corrected chi connectivity index (χ4v) is 5.65. The Hall–Kier alpha value is -5.85. The normalized spacial score (nSPS) is 10.6. The van der Waals surface area contributed by atoms with Gasteiger partial charge in [-0.25, -0.2) is 9.78 Å². The summed E-state index contributed by atoms with van der Waals surface area (Å²) in [6, 6.07) is 31.5. The van der Waals surface area contributed by atoms with Crippen molar-refractivity contribution in [2.75, 3.05) is 37.7 Å². The summed E-state index contributed by atoms with van der Waals surface area (Å²) in [4.78, 5) is 53.1. The molecule has 1 aliphatic heterocycles. The predicted molar refractivity (Wildman–Crippen MR) is 212 cm³/mol. The predicted octanol–water partition coefficient (Wildman–Crippen LogP) is 6.70. The largest absolute Gasteiger partial charge is 0.481 e. The summed E-state index contributed by atoms with van der Waals surface area (Å²) in [6.45, 7) is 7.31. The molecule has 0 bridgehead atoms. The summed E-state index contributed by atoms with van der Waals surface area (Å²) >= 11 is 3.30. The first-order chi connectivity index (χ1) is 25.4. The zero-order chi connectivity index (χ0) is 38.5. The standard InChI is InChI=1S/C15H12BrNO3.C13H20N2O2.C13H10N2O/c16-11-6-4-9(5-7-11)15(20)12-3-1-2-10(14(12)17)8-13(18)19;1-3-15(4-2)9-10-17-13(16)11-5-7-12(14)8-6-11;1-15-10-6-3-2-5-9(10)14-13-11(15)7-4-8-12(13)16/h1-7H,8,17H2,(H,18,19);5-8H,3-4,9-10,14H2,1-2H3;2-8H,1H3. The quantitative estimate of drug-likeness (QED) is 0.0589. The lowest BCUT2D eigenvalue weighted by atomic mass is 9.98. The van der Waals surface area contributed by atoms with Gasteiger partial charge in [-0.3, -0.25) is 14.4 Å². The molecule has 0 saturated carbocycles. The Morgan fingerprint density at radius 1 is 0.830 bits per heavy atom. The highest BCUT2D eigenvalue weighted by Gasteiger charge is 2.16. The number of aryl methyl sites for hydroxylation is 1. The van der Waals surface area contributed by atoms with Gasteiger partial charge < -0.3 is 30.8 Å². The molecule has 0 amide bonds. The lowest BCUT2D eigenvalue weighted by Crippen LogP contribution is -2.27. The Bertz CT molecular complexity index is 2200. The Morgan fingerprint density at radius 3 is 2.13 bits per heavy atom. The third kappa shape index (κ3) is 10.8. The van der Waals surface area contributed by atoms with Crippen LogP contribution in [-0.2, 0) is 23.0 Å². The summed E-state index contributed by atoms with van der Waals surface area (Å²) in [5.41, 5.74) is 17.4. The van der Waals surface area contributed by atoms with Gasteiger partial charge in [0.05, 0.1) is 28.7 Å². The minimum absolute atomic E-state index is 0.0288. The second-order valence-electron chi connectivity index (χ2n) is 11.9. The van der Waals surface area contributed by atoms with Gasteiger partial charge in [0, 0.05) is 40.6 Å². The van der Waals surface area contributed by atoms with Crippen molar-refractivity contribution in [3.63, 3.8) is 0 Å². The first-order valence-corrected chi connectivity index (χ1v) is 17.7. The van der Waals surface area contributed by atoms with Crippen LogP contribution in [0.25, 0.3) is 22.4 Å². The van der Waals surface area contributed by atoms with Crippen molar-refractivity contribution < 1.29 is 24.2 Å². The third-order valence-electron chi connectivity index (χ3n) is 8.39. The number of ether oxygens (including phenoxy) is 1. The number of rotatable bonds is 10. The number of fused-ring (bicyclic) bond motifs is 2. The summed E-state index contributed by atoms with van der Waals surface area (Å²) in [5, 5.41) is 8.82. The van der Waals surface area contributed by atoms with Crippen molar-refractivity contribution in [3.05, 3.63) is 146 Å². The molecule has 0 unspecified atom stereocenters. The van der Waals surface area contributed by atoms with Crippen molar-refractivity contribution in [3.8, 4) is 11.4 Å². The Kier molecular flexibility index (Phi) is 14.4. The summed E-state index contributed by atoms with van der Waals surface area (Å²) in [6.07, 6.45) is -0.201. The molecule has 4 aromatic rings. The molecule has 0 radical (unpaired) electrons. The van der Waals surface area contributed by atoms with E-state index in [2.05, 4.69) is 39.7 Å². The van der Waals surface area contributed by atoms with Crippen LogP contribution < -0.4 is 16.9 Å². The van der Waals surface area contributed by atoms with Crippen LogP contribution in [0.1, 0.15) is 45.7 Å². The van der Waals surface area contributed by atoms with E-state index in [1.165, 1.54) is 0 Å². The molecular formula is C41H42BrN5O6. The maximum absolute atomic E-state index is 12.4. The maximum atomic E-state index is 12.4. The number of anilines is 2. The molecule has 5 N–H and O–H groups in total. The van der Waals surface area contributed by atoms with E-state index < -0.39 is 5.97 Å². The van der Waals surface area contributed by atoms with Crippen LogP contribution in [0, 0.1) is 0 Å². The number of hydrogen-bond donors (Lipinski definition) is 3. The number of hydrogen-bond acceptors (Lipinski definition) is 9. The van der Waals surface area contributed by atoms with E-state index >= 15 is 0 Å². The van der Waals surface area contributed by atoms with Gasteiger partial charge in [0.2, 0.25) is 5.43 Å². The Balaban J connectivity index is 0.000000179. The fourth-order valence-electron chi connectivity index (χ4n) is 5.38. The molecule has 1 aliphatic carbocycles. The highest BCUT2D eigenvalue weighted by atomic mass is 79.9. The van der Waals surface area contributed by atoms with Gasteiger partial charge in [-0.05, 0) is 97.5 Å². The van der Waals surface area contributed by atoms with Crippen LogP contribution in [0.15, 0.2) is 118 Å². The van der Waals surface area contributed by atoms with Gasteiger partial charge in [0.15, 0.2) is 5.78 Å². The van der Waals surface area contributed by atoms with E-state index in [1.54, 1.807) is 78.9 Å². The van der Waals surface area contributed by atoms with Crippen molar-refractivity contribution >= 4 is 56.1 Å². The highest BCUT2D eigenvalue weighted by Crippen LogP contribution is 2.23. The first-order valence-electron chi connectivity index (χ1n) is 16.9. The summed E-state index contributed by atoms with van der Waals surface area (Å²) in [5.74, 6) is -1.50. The third-order valence-corrected chi connectivity index (χ3v) is 8.91. The van der Waals surface area contributed by atoms with Gasteiger partial charge in [-0.1, -0.05) is 60.1 Å². The van der Waals surface area contributed by atoms with Crippen LogP contribution in [0.4, 0.5) is 11.4 Å². The van der Waals surface area contributed by atoms with Gasteiger partial charge in [0.1, 0.15) is 12.3 Å². The van der Waals surface area contributed by atoms with Gasteiger partial charge >= 0.3 is 11.9 Å². The number of esters is 1. The van der Waals surface area contributed by atoms with Crippen molar-refractivity contribution in [1.29, 1.82) is 0 Å². The zero-order valence-electron chi connectivity index (χ0n) is 29.8. The summed E-state index contributed by atoms with van der Waals surface area (Å²) < 4.78 is 8.06. The van der Waals surface area contributed by atoms with E-state index in [1.807, 2.05) is 41.9 Å². The van der Waals surface area contributed by atoms with Crippen molar-refractivity contribution in [2.45, 2.75) is 20.3 Å². The Morgan fingerprint density at radius 2 is 1.47 bits per heavy atom. The number of aromatic nitrogens is 2. The molecule has 4 aromatic carbocycles. The minimum atomic E-state index is -0.982. The number of carbonyl (C=O) groups excluding carboxylic acids is 2. The van der Waals surface area contributed by atoms with Crippen LogP contribution >= 0.6 is 15.9 Å². The number of likely N-dealkylation sites (N-methyl/N-ethyl adjacent to an activating group) is 1. The number of halogens is 1. The number of aliphatic carboxylic acids is 1.